The highest BCUT2D eigenvalue weighted by Crippen LogP contribution is 2.36. The van der Waals surface area contributed by atoms with Crippen LogP contribution in [0.2, 0.25) is 0 Å². The number of benzene rings is 1. The van der Waals surface area contributed by atoms with Crippen molar-refractivity contribution in [1.82, 2.24) is 20.1 Å². The van der Waals surface area contributed by atoms with Gasteiger partial charge in [-0.15, -0.1) is 0 Å². The number of carbonyl (C=O) groups is 1. The highest BCUT2D eigenvalue weighted by atomic mass is 19.4. The van der Waals surface area contributed by atoms with E-state index in [2.05, 4.69) is 21.3 Å². The lowest BCUT2D eigenvalue weighted by molar-refractivity contribution is -0.137. The van der Waals surface area contributed by atoms with Crippen LogP contribution in [-0.2, 0) is 39.8 Å². The first-order chi connectivity index (χ1) is 18.8. The van der Waals surface area contributed by atoms with Gasteiger partial charge in [0.1, 0.15) is 0 Å². The molecule has 39 heavy (non-hydrogen) atoms. The number of halogens is 3. The first kappa shape index (κ1) is 26.8. The molecule has 3 aliphatic heterocycles. The smallest absolute Gasteiger partial charge is 0.381 e. The van der Waals surface area contributed by atoms with Crippen molar-refractivity contribution >= 4 is 5.91 Å². The molecule has 212 valence electrons. The van der Waals surface area contributed by atoms with E-state index in [1.165, 1.54) is 11.6 Å². The third-order valence-electron chi connectivity index (χ3n) is 8.78. The number of aromatic amines is 1. The maximum absolute atomic E-state index is 13.3. The zero-order valence-corrected chi connectivity index (χ0v) is 22.1. The summed E-state index contributed by atoms with van der Waals surface area (Å²) in [5.41, 5.74) is 3.38. The maximum atomic E-state index is 13.3. The van der Waals surface area contributed by atoms with Gasteiger partial charge in [-0.2, -0.15) is 13.2 Å². The number of hydrogen-bond donors (Lipinski definition) is 2. The monoisotopic (exact) mass is 546 g/mol. The minimum absolute atomic E-state index is 0.00163. The fourth-order valence-electron chi connectivity index (χ4n) is 6.72. The zero-order valence-electron chi connectivity index (χ0n) is 22.1. The van der Waals surface area contributed by atoms with Gasteiger partial charge in [-0.25, -0.2) is 0 Å². The number of rotatable bonds is 6. The number of amides is 1. The number of nitrogens with zero attached hydrogens (tertiary/aromatic N) is 2. The van der Waals surface area contributed by atoms with Crippen LogP contribution >= 0.6 is 0 Å². The van der Waals surface area contributed by atoms with Gasteiger partial charge in [0.05, 0.1) is 30.4 Å². The fraction of sp³-hybridized carbons (Fsp3) is 0.621. The number of alkyl halides is 3. The van der Waals surface area contributed by atoms with Crippen molar-refractivity contribution in [3.8, 4) is 0 Å². The Labute approximate surface area is 227 Å². The van der Waals surface area contributed by atoms with Gasteiger partial charge in [-0.3, -0.25) is 14.6 Å². The topological polar surface area (TPSA) is 69.8 Å². The molecule has 0 radical (unpaired) electrons. The quantitative estimate of drug-likeness (QED) is 0.577. The van der Waals surface area contributed by atoms with Crippen molar-refractivity contribution in [2.24, 2.45) is 0 Å². The number of nitrogens with one attached hydrogen (secondary N) is 2. The Hall–Kier alpha value is -2.40. The van der Waals surface area contributed by atoms with E-state index in [4.69, 9.17) is 9.47 Å². The summed E-state index contributed by atoms with van der Waals surface area (Å²) in [7, 11) is 0. The molecule has 1 aromatic heterocycles. The molecule has 7 nitrogen and oxygen atoms in total. The fourth-order valence-corrected chi connectivity index (χ4v) is 6.72. The van der Waals surface area contributed by atoms with Crippen molar-refractivity contribution in [1.29, 1.82) is 0 Å². The van der Waals surface area contributed by atoms with Crippen LogP contribution in [0.3, 0.4) is 0 Å². The number of H-pyrrole nitrogens is 1. The Balaban J connectivity index is 1.11. The number of aryl methyl sites for hydroxylation is 1. The van der Waals surface area contributed by atoms with Crippen LogP contribution in [0.4, 0.5) is 13.2 Å². The molecule has 1 aliphatic carbocycles. The minimum Gasteiger partial charge on any atom is -0.381 e. The summed E-state index contributed by atoms with van der Waals surface area (Å²) in [6.45, 7) is 4.17. The average Bonchev–Trinajstić information content (AvgIpc) is 3.55. The summed E-state index contributed by atoms with van der Waals surface area (Å²) in [4.78, 5) is 21.0. The Morgan fingerprint density at radius 2 is 1.97 bits per heavy atom. The van der Waals surface area contributed by atoms with E-state index >= 15 is 0 Å². The van der Waals surface area contributed by atoms with E-state index in [0.717, 1.165) is 75.7 Å². The molecule has 6 rings (SSSR count). The highest BCUT2D eigenvalue weighted by molar-refractivity contribution is 5.78. The maximum Gasteiger partial charge on any atom is 0.416 e. The molecule has 1 aromatic carbocycles. The molecule has 4 aliphatic rings. The summed E-state index contributed by atoms with van der Waals surface area (Å²) < 4.78 is 52.0. The van der Waals surface area contributed by atoms with Gasteiger partial charge in [0.25, 0.3) is 0 Å². The lowest BCUT2D eigenvalue weighted by Gasteiger charge is -2.30. The predicted octanol–water partition coefficient (Wildman–Crippen LogP) is 3.83. The Morgan fingerprint density at radius 3 is 2.85 bits per heavy atom. The molecule has 1 amide bonds. The van der Waals surface area contributed by atoms with Gasteiger partial charge in [0.2, 0.25) is 5.91 Å². The second-order valence-electron chi connectivity index (χ2n) is 11.4. The van der Waals surface area contributed by atoms with E-state index in [-0.39, 0.29) is 30.7 Å². The minimum atomic E-state index is -4.37. The largest absolute Gasteiger partial charge is 0.416 e. The Bertz CT molecular complexity index is 1160. The van der Waals surface area contributed by atoms with Crippen LogP contribution in [0, 0.1) is 0 Å². The normalized spacial score (nSPS) is 28.2. The summed E-state index contributed by atoms with van der Waals surface area (Å²) in [6.07, 6.45) is 3.09. The van der Waals surface area contributed by atoms with Crippen molar-refractivity contribution in [3.63, 3.8) is 0 Å². The third-order valence-corrected chi connectivity index (χ3v) is 8.78. The summed E-state index contributed by atoms with van der Waals surface area (Å²) in [6, 6.07) is 6.32. The van der Waals surface area contributed by atoms with Crippen LogP contribution in [0.15, 0.2) is 30.5 Å². The molecule has 3 unspecified atom stereocenters. The summed E-state index contributed by atoms with van der Waals surface area (Å²) >= 11 is 0. The van der Waals surface area contributed by atoms with Gasteiger partial charge < -0.3 is 19.8 Å². The Kier molecular flexibility index (Phi) is 7.72. The third kappa shape index (κ3) is 6.04. The van der Waals surface area contributed by atoms with Gasteiger partial charge in [0.15, 0.2) is 0 Å². The second kappa shape index (κ2) is 11.2. The van der Waals surface area contributed by atoms with E-state index in [9.17, 15) is 18.0 Å². The first-order valence-electron chi connectivity index (χ1n) is 14.2. The molecule has 2 fully saturated rings. The summed E-state index contributed by atoms with van der Waals surface area (Å²) in [5.74, 6) is -0.109. The molecular weight excluding hydrogens is 509 g/mol. The predicted molar refractivity (Wildman–Crippen MR) is 139 cm³/mol. The van der Waals surface area contributed by atoms with Gasteiger partial charge in [-0.1, -0.05) is 6.07 Å². The molecule has 2 N–H and O–H groups in total. The standard InChI is InChI=1S/C29H37F3N4O3/c30-29(31,32)22-5-3-19-8-11-35(15-21(19)14-22)18-27(37)34-24-16-36(23-2-1-12-38-13-9-23)17-26(24)39-25-6-4-20-7-10-33-28(20)25/h3,5,7,10,14,23-26,33H,1-2,4,6,8-9,11-13,15-18H2,(H,34,37)/t23?,24?,25?,26-/m0/s1. The van der Waals surface area contributed by atoms with Gasteiger partial charge in [-0.05, 0) is 73.4 Å². The number of carbonyl (C=O) groups excluding carboxylic acids is 1. The zero-order chi connectivity index (χ0) is 27.0. The number of hydrogen-bond acceptors (Lipinski definition) is 5. The number of likely N-dealkylation sites (tertiary alicyclic amines) is 1. The molecule has 2 aromatic rings. The van der Waals surface area contributed by atoms with Crippen molar-refractivity contribution in [3.05, 3.63) is 58.4 Å². The van der Waals surface area contributed by atoms with Crippen LogP contribution in [-0.4, -0.2) is 78.3 Å². The first-order valence-corrected chi connectivity index (χ1v) is 14.2. The van der Waals surface area contributed by atoms with Crippen LogP contribution in [0.1, 0.15) is 59.7 Å². The lowest BCUT2D eigenvalue weighted by Crippen LogP contribution is -2.48. The van der Waals surface area contributed by atoms with Crippen LogP contribution < -0.4 is 5.32 Å². The van der Waals surface area contributed by atoms with Gasteiger partial charge in [0, 0.05) is 57.3 Å². The molecular formula is C29H37F3N4O3. The van der Waals surface area contributed by atoms with Crippen molar-refractivity contribution < 1.29 is 27.4 Å². The van der Waals surface area contributed by atoms with E-state index in [1.807, 2.05) is 11.1 Å². The van der Waals surface area contributed by atoms with Crippen LogP contribution in [0.25, 0.3) is 0 Å². The molecule has 10 heteroatoms. The molecule has 2 saturated heterocycles. The SMILES string of the molecule is O=C(CN1CCc2ccc(C(F)(F)F)cc2C1)NC1CN(C2CCCOCC2)C[C@@H]1OC1CCc2cc[nH]c21. The van der Waals surface area contributed by atoms with Crippen molar-refractivity contribution in [2.45, 2.75) is 75.5 Å². The summed E-state index contributed by atoms with van der Waals surface area (Å²) in [5, 5.41) is 3.24. The second-order valence-corrected chi connectivity index (χ2v) is 11.4. The van der Waals surface area contributed by atoms with E-state index in [0.29, 0.717) is 31.1 Å². The molecule has 4 atom stereocenters. The number of aromatic nitrogens is 1. The number of fused-ring (bicyclic) bond motifs is 2. The average molecular weight is 547 g/mol. The molecule has 4 heterocycles. The molecule has 0 spiro atoms. The highest BCUT2D eigenvalue weighted by Gasteiger charge is 2.40. The molecule has 0 bridgehead atoms. The molecule has 0 saturated carbocycles. The van der Waals surface area contributed by atoms with Crippen LogP contribution in [0.5, 0.6) is 0 Å². The lowest BCUT2D eigenvalue weighted by atomic mass is 9.97. The van der Waals surface area contributed by atoms with Gasteiger partial charge >= 0.3 is 6.18 Å². The van der Waals surface area contributed by atoms with Crippen molar-refractivity contribution in [2.75, 3.05) is 39.4 Å². The van der Waals surface area contributed by atoms with E-state index in [1.54, 1.807) is 6.07 Å². The Morgan fingerprint density at radius 1 is 1.08 bits per heavy atom. The van der Waals surface area contributed by atoms with E-state index < -0.39 is 11.7 Å². The number of ether oxygens (including phenoxy) is 2.